The average molecular weight is 368 g/mol. The first-order valence-corrected chi connectivity index (χ1v) is 9.83. The van der Waals surface area contributed by atoms with Gasteiger partial charge < -0.3 is 10.2 Å². The van der Waals surface area contributed by atoms with Crippen molar-refractivity contribution in [1.82, 2.24) is 20.4 Å². The number of hydrogen-bond donors (Lipinski definition) is 2. The van der Waals surface area contributed by atoms with Gasteiger partial charge in [0, 0.05) is 50.2 Å². The number of amides is 3. The van der Waals surface area contributed by atoms with Gasteiger partial charge in [-0.15, -0.1) is 0 Å². The van der Waals surface area contributed by atoms with Gasteiger partial charge >= 0.3 is 0 Å². The second-order valence-electron chi connectivity index (χ2n) is 8.11. The fourth-order valence-corrected chi connectivity index (χ4v) is 5.01. The molecule has 142 valence electrons. The van der Waals surface area contributed by atoms with Gasteiger partial charge in [-0.25, -0.2) is 0 Å². The molecule has 0 spiro atoms. The van der Waals surface area contributed by atoms with E-state index in [1.54, 1.807) is 4.90 Å². The van der Waals surface area contributed by atoms with Crippen molar-refractivity contribution in [1.29, 1.82) is 0 Å². The minimum atomic E-state index is -0.550. The van der Waals surface area contributed by atoms with Crippen molar-refractivity contribution in [2.24, 2.45) is 0 Å². The summed E-state index contributed by atoms with van der Waals surface area (Å²) in [5, 5.41) is 5.94. The molecule has 3 atom stereocenters. The molecule has 27 heavy (non-hydrogen) atoms. The van der Waals surface area contributed by atoms with Crippen LogP contribution in [-0.4, -0.2) is 58.7 Å². The maximum Gasteiger partial charge on any atom is 0.255 e. The highest BCUT2D eigenvalue weighted by atomic mass is 16.2. The fourth-order valence-electron chi connectivity index (χ4n) is 5.01. The summed E-state index contributed by atoms with van der Waals surface area (Å²) in [4.78, 5) is 40.8. The summed E-state index contributed by atoms with van der Waals surface area (Å²) in [6, 6.07) is 6.50. The number of nitrogens with zero attached hydrogens (tertiary/aromatic N) is 2. The Morgan fingerprint density at radius 1 is 1.11 bits per heavy atom. The predicted molar refractivity (Wildman–Crippen MR) is 97.7 cm³/mol. The molecule has 4 fully saturated rings. The van der Waals surface area contributed by atoms with Gasteiger partial charge in [0.15, 0.2) is 0 Å². The fraction of sp³-hybridized carbons (Fsp3) is 0.550. The SMILES string of the molecule is O=C1CCC(N2Cc3c(CN4CC5CCC4CN5)cccc3C2=O)C(=O)N1. The van der Waals surface area contributed by atoms with E-state index in [-0.39, 0.29) is 24.1 Å². The van der Waals surface area contributed by atoms with E-state index in [0.29, 0.717) is 30.6 Å². The molecule has 3 unspecified atom stereocenters. The number of fused-ring (bicyclic) bond motifs is 4. The van der Waals surface area contributed by atoms with Gasteiger partial charge in [-0.2, -0.15) is 0 Å². The maximum absolute atomic E-state index is 12.9. The molecule has 5 heterocycles. The molecule has 4 saturated heterocycles. The van der Waals surface area contributed by atoms with E-state index in [2.05, 4.69) is 21.6 Å². The standard InChI is InChI=1S/C20H24N4O3/c25-18-7-6-17(19(26)22-18)24-11-16-12(2-1-3-15(16)20(24)27)9-23-10-13-4-5-14(23)8-21-13/h1-3,13-14,17,21H,4-11H2,(H,22,25,26). The molecule has 0 radical (unpaired) electrons. The molecule has 7 nitrogen and oxygen atoms in total. The zero-order valence-corrected chi connectivity index (χ0v) is 15.2. The highest BCUT2D eigenvalue weighted by Crippen LogP contribution is 2.32. The monoisotopic (exact) mass is 368 g/mol. The van der Waals surface area contributed by atoms with Gasteiger partial charge in [0.25, 0.3) is 5.91 Å². The number of hydrogen-bond acceptors (Lipinski definition) is 5. The summed E-state index contributed by atoms with van der Waals surface area (Å²) >= 11 is 0. The highest BCUT2D eigenvalue weighted by molar-refractivity contribution is 6.05. The Balaban J connectivity index is 1.38. The van der Waals surface area contributed by atoms with Crippen LogP contribution in [0, 0.1) is 0 Å². The van der Waals surface area contributed by atoms with Crippen LogP contribution in [0.2, 0.25) is 0 Å². The van der Waals surface area contributed by atoms with Gasteiger partial charge in [0.2, 0.25) is 11.8 Å². The van der Waals surface area contributed by atoms with E-state index in [1.807, 2.05) is 12.1 Å². The van der Waals surface area contributed by atoms with Crippen LogP contribution in [-0.2, 0) is 22.7 Å². The van der Waals surface area contributed by atoms with Crippen LogP contribution < -0.4 is 10.6 Å². The normalized spacial score (nSPS) is 30.6. The van der Waals surface area contributed by atoms with Crippen LogP contribution in [0.25, 0.3) is 0 Å². The minimum absolute atomic E-state index is 0.0943. The summed E-state index contributed by atoms with van der Waals surface area (Å²) in [6.07, 6.45) is 3.17. The first-order valence-electron chi connectivity index (χ1n) is 9.83. The van der Waals surface area contributed by atoms with Crippen molar-refractivity contribution >= 4 is 17.7 Å². The lowest BCUT2D eigenvalue weighted by Gasteiger charge is -2.46. The van der Waals surface area contributed by atoms with Crippen molar-refractivity contribution < 1.29 is 14.4 Å². The van der Waals surface area contributed by atoms with Gasteiger partial charge in [0.1, 0.15) is 6.04 Å². The first-order chi connectivity index (χ1) is 13.1. The highest BCUT2D eigenvalue weighted by Gasteiger charge is 2.40. The lowest BCUT2D eigenvalue weighted by Crippen LogP contribution is -2.60. The van der Waals surface area contributed by atoms with Crippen LogP contribution in [0.5, 0.6) is 0 Å². The van der Waals surface area contributed by atoms with Crippen LogP contribution in [0.3, 0.4) is 0 Å². The molecule has 0 saturated carbocycles. The quantitative estimate of drug-likeness (QED) is 0.754. The maximum atomic E-state index is 12.9. The molecule has 5 aliphatic heterocycles. The number of rotatable bonds is 3. The third-order valence-corrected chi connectivity index (χ3v) is 6.51. The van der Waals surface area contributed by atoms with Crippen LogP contribution in [0.4, 0.5) is 0 Å². The first kappa shape index (κ1) is 16.9. The molecular formula is C20H24N4O3. The van der Waals surface area contributed by atoms with Crippen LogP contribution in [0.15, 0.2) is 18.2 Å². The summed E-state index contributed by atoms with van der Waals surface area (Å²) in [7, 11) is 0. The molecule has 1 aromatic rings. The molecular weight excluding hydrogens is 344 g/mol. The molecule has 6 rings (SSSR count). The van der Waals surface area contributed by atoms with Crippen molar-refractivity contribution in [3.05, 3.63) is 34.9 Å². The number of imide groups is 1. The Morgan fingerprint density at radius 3 is 2.70 bits per heavy atom. The van der Waals surface area contributed by atoms with E-state index >= 15 is 0 Å². The zero-order valence-electron chi connectivity index (χ0n) is 15.2. The molecule has 2 N–H and O–H groups in total. The molecule has 1 aromatic carbocycles. The molecule has 5 aliphatic rings. The van der Waals surface area contributed by atoms with E-state index in [1.165, 1.54) is 18.4 Å². The second-order valence-corrected chi connectivity index (χ2v) is 8.11. The molecule has 2 bridgehead atoms. The Bertz CT molecular complexity index is 815. The molecule has 0 aromatic heterocycles. The number of carbonyl (C=O) groups is 3. The minimum Gasteiger partial charge on any atom is -0.322 e. The van der Waals surface area contributed by atoms with Crippen molar-refractivity contribution in [2.75, 3.05) is 13.1 Å². The van der Waals surface area contributed by atoms with Crippen molar-refractivity contribution in [2.45, 2.75) is 56.9 Å². The third-order valence-electron chi connectivity index (χ3n) is 6.51. The number of piperazine rings is 1. The predicted octanol–water partition coefficient (Wildman–Crippen LogP) is 0.384. The number of nitrogens with one attached hydrogen (secondary N) is 2. The number of benzene rings is 1. The van der Waals surface area contributed by atoms with Crippen molar-refractivity contribution in [3.63, 3.8) is 0 Å². The van der Waals surface area contributed by atoms with Gasteiger partial charge in [0.05, 0.1) is 0 Å². The van der Waals surface area contributed by atoms with E-state index in [4.69, 9.17) is 0 Å². The van der Waals surface area contributed by atoms with Gasteiger partial charge in [-0.1, -0.05) is 12.1 Å². The summed E-state index contributed by atoms with van der Waals surface area (Å²) < 4.78 is 0. The lowest BCUT2D eigenvalue weighted by molar-refractivity contribution is -0.136. The largest absolute Gasteiger partial charge is 0.322 e. The van der Waals surface area contributed by atoms with Gasteiger partial charge in [-0.05, 0) is 36.5 Å². The van der Waals surface area contributed by atoms with E-state index in [9.17, 15) is 14.4 Å². The second kappa shape index (κ2) is 6.42. The number of carbonyl (C=O) groups excluding carboxylic acids is 3. The smallest absolute Gasteiger partial charge is 0.255 e. The molecule has 0 aliphatic carbocycles. The topological polar surface area (TPSA) is 81.8 Å². The molecule has 3 amide bonds. The third kappa shape index (κ3) is 2.85. The summed E-state index contributed by atoms with van der Waals surface area (Å²) in [5.74, 6) is -0.702. The Hall–Kier alpha value is -2.25. The van der Waals surface area contributed by atoms with Crippen molar-refractivity contribution in [3.8, 4) is 0 Å². The number of piperidine rings is 3. The Labute approximate surface area is 158 Å². The summed E-state index contributed by atoms with van der Waals surface area (Å²) in [6.45, 7) is 3.40. The van der Waals surface area contributed by atoms with E-state index < -0.39 is 6.04 Å². The van der Waals surface area contributed by atoms with Crippen LogP contribution in [0.1, 0.15) is 47.2 Å². The lowest BCUT2D eigenvalue weighted by atomic mass is 9.92. The van der Waals surface area contributed by atoms with Gasteiger partial charge in [-0.3, -0.25) is 24.6 Å². The Morgan fingerprint density at radius 2 is 2.00 bits per heavy atom. The molecule has 7 heteroatoms. The average Bonchev–Trinajstić information content (AvgIpc) is 3.01. The van der Waals surface area contributed by atoms with E-state index in [0.717, 1.165) is 25.2 Å². The van der Waals surface area contributed by atoms with Crippen LogP contribution >= 0.6 is 0 Å². The summed E-state index contributed by atoms with van der Waals surface area (Å²) in [5.41, 5.74) is 2.93. The zero-order chi connectivity index (χ0) is 18.5. The Kier molecular flexibility index (Phi) is 4.02.